The Bertz CT molecular complexity index is 1090. The highest BCUT2D eigenvalue weighted by Crippen LogP contribution is 2.21. The lowest BCUT2D eigenvalue weighted by atomic mass is 10.1. The maximum absolute atomic E-state index is 12.9. The number of carbonyl (C=O) groups excluding carboxylic acids is 2. The Balaban J connectivity index is 1.78. The molecule has 0 fully saturated rings. The van der Waals surface area contributed by atoms with Crippen molar-refractivity contribution in [2.45, 2.75) is 12.6 Å². The lowest BCUT2D eigenvalue weighted by Crippen LogP contribution is -2.32. The Labute approximate surface area is 184 Å². The summed E-state index contributed by atoms with van der Waals surface area (Å²) < 4.78 is 10.6. The van der Waals surface area contributed by atoms with Gasteiger partial charge >= 0.3 is 5.97 Å². The van der Waals surface area contributed by atoms with Gasteiger partial charge < -0.3 is 14.8 Å². The second kappa shape index (κ2) is 10.2. The lowest BCUT2D eigenvalue weighted by Gasteiger charge is -2.18. The normalized spacial score (nSPS) is 11.1. The Morgan fingerprint density at radius 1 is 1.10 bits per heavy atom. The number of nitrogens with zero attached hydrogens (tertiary/aromatic N) is 2. The molecule has 31 heavy (non-hydrogen) atoms. The molecule has 7 nitrogen and oxygen atoms in total. The van der Waals surface area contributed by atoms with Crippen molar-refractivity contribution in [3.63, 3.8) is 0 Å². The van der Waals surface area contributed by atoms with Gasteiger partial charge in [0.05, 0.1) is 24.3 Å². The molecule has 0 bridgehead atoms. The Morgan fingerprint density at radius 3 is 2.39 bits per heavy atom. The average Bonchev–Trinajstić information content (AvgIpc) is 2.81. The Hall–Kier alpha value is -3.89. The molecule has 1 atom stereocenters. The highest BCUT2D eigenvalue weighted by Gasteiger charge is 2.26. The Morgan fingerprint density at radius 2 is 1.81 bits per heavy atom. The number of methoxy groups -OCH3 is 1. The Kier molecular flexibility index (Phi) is 7.20. The van der Waals surface area contributed by atoms with E-state index in [4.69, 9.17) is 26.3 Å². The SMILES string of the molecule is COc1ccc(CNC(=O)C(OC(=O)c2ccc(Cl)nc2)c2ccc(C#N)cc2)cc1. The number of nitrogens with one attached hydrogen (secondary N) is 1. The quantitative estimate of drug-likeness (QED) is 0.447. The molecule has 0 saturated carbocycles. The molecule has 0 aliphatic heterocycles. The standard InChI is InChI=1S/C23H18ClN3O4/c1-30-19-9-4-16(5-10-19)13-27-22(28)21(17-6-2-15(12-25)3-7-17)31-23(29)18-8-11-20(24)26-14-18/h2-11,14,21H,13H2,1H3,(H,27,28). The van der Waals surface area contributed by atoms with E-state index < -0.39 is 18.0 Å². The summed E-state index contributed by atoms with van der Waals surface area (Å²) in [5.41, 5.74) is 1.86. The minimum atomic E-state index is -1.21. The summed E-state index contributed by atoms with van der Waals surface area (Å²) in [6.07, 6.45) is 0.0598. The van der Waals surface area contributed by atoms with Gasteiger partial charge in [0.2, 0.25) is 6.10 Å². The third-order valence-electron chi connectivity index (χ3n) is 4.39. The monoisotopic (exact) mass is 435 g/mol. The zero-order chi connectivity index (χ0) is 22.2. The largest absolute Gasteiger partial charge is 0.497 e. The van der Waals surface area contributed by atoms with Crippen LogP contribution in [0.1, 0.15) is 33.2 Å². The fraction of sp³-hybridized carbons (Fsp3) is 0.130. The van der Waals surface area contributed by atoms with Crippen LogP contribution in [0, 0.1) is 11.3 Å². The third-order valence-corrected chi connectivity index (χ3v) is 4.62. The fourth-order valence-electron chi connectivity index (χ4n) is 2.70. The van der Waals surface area contributed by atoms with Crippen LogP contribution in [0.25, 0.3) is 0 Å². The minimum absolute atomic E-state index is 0.158. The van der Waals surface area contributed by atoms with Crippen LogP contribution in [0.3, 0.4) is 0 Å². The van der Waals surface area contributed by atoms with E-state index in [1.54, 1.807) is 43.5 Å². The molecular formula is C23H18ClN3O4. The van der Waals surface area contributed by atoms with E-state index in [0.717, 1.165) is 5.56 Å². The number of ether oxygens (including phenoxy) is 2. The second-order valence-electron chi connectivity index (χ2n) is 6.45. The van der Waals surface area contributed by atoms with Gasteiger partial charge in [-0.15, -0.1) is 0 Å². The van der Waals surface area contributed by atoms with Crippen LogP contribution in [0.15, 0.2) is 66.9 Å². The van der Waals surface area contributed by atoms with Crippen molar-refractivity contribution in [1.29, 1.82) is 5.26 Å². The number of amides is 1. The van der Waals surface area contributed by atoms with Crippen LogP contribution in [0.5, 0.6) is 5.75 Å². The molecule has 156 valence electrons. The van der Waals surface area contributed by atoms with E-state index in [1.807, 2.05) is 18.2 Å². The maximum Gasteiger partial charge on any atom is 0.340 e. The number of nitriles is 1. The van der Waals surface area contributed by atoms with Crippen molar-refractivity contribution in [3.8, 4) is 11.8 Å². The molecule has 1 N–H and O–H groups in total. The van der Waals surface area contributed by atoms with Crippen molar-refractivity contribution < 1.29 is 19.1 Å². The van der Waals surface area contributed by atoms with Gasteiger partial charge in [0.1, 0.15) is 10.9 Å². The third kappa shape index (κ3) is 5.81. The minimum Gasteiger partial charge on any atom is -0.497 e. The molecule has 0 aliphatic rings. The van der Waals surface area contributed by atoms with E-state index in [-0.39, 0.29) is 17.3 Å². The molecule has 0 aliphatic carbocycles. The van der Waals surface area contributed by atoms with Crippen molar-refractivity contribution in [2.75, 3.05) is 7.11 Å². The number of pyridine rings is 1. The van der Waals surface area contributed by atoms with E-state index in [0.29, 0.717) is 16.9 Å². The smallest absolute Gasteiger partial charge is 0.340 e. The van der Waals surface area contributed by atoms with Gasteiger partial charge in [0.25, 0.3) is 5.91 Å². The molecule has 0 saturated heterocycles. The number of hydrogen-bond acceptors (Lipinski definition) is 6. The molecule has 3 aromatic rings. The molecule has 8 heteroatoms. The number of rotatable bonds is 7. The van der Waals surface area contributed by atoms with Gasteiger partial charge in [-0.05, 0) is 42.0 Å². The zero-order valence-electron chi connectivity index (χ0n) is 16.5. The summed E-state index contributed by atoms with van der Waals surface area (Å²) in [7, 11) is 1.57. The fourth-order valence-corrected chi connectivity index (χ4v) is 2.81. The van der Waals surface area contributed by atoms with Crippen LogP contribution in [0.2, 0.25) is 5.15 Å². The van der Waals surface area contributed by atoms with Crippen LogP contribution in [-0.4, -0.2) is 24.0 Å². The first-order valence-electron chi connectivity index (χ1n) is 9.23. The molecule has 2 aromatic carbocycles. The maximum atomic E-state index is 12.9. The molecular weight excluding hydrogens is 418 g/mol. The van der Waals surface area contributed by atoms with Gasteiger partial charge in [-0.1, -0.05) is 35.9 Å². The van der Waals surface area contributed by atoms with E-state index in [9.17, 15) is 9.59 Å². The summed E-state index contributed by atoms with van der Waals surface area (Å²) in [5, 5.41) is 12.0. The van der Waals surface area contributed by atoms with E-state index >= 15 is 0 Å². The first kappa shape index (κ1) is 21.8. The van der Waals surface area contributed by atoms with Crippen LogP contribution in [-0.2, 0) is 16.1 Å². The van der Waals surface area contributed by atoms with Gasteiger partial charge in [-0.2, -0.15) is 5.26 Å². The second-order valence-corrected chi connectivity index (χ2v) is 6.84. The predicted molar refractivity (Wildman–Crippen MR) is 113 cm³/mol. The molecule has 0 radical (unpaired) electrons. The number of benzene rings is 2. The molecule has 3 rings (SSSR count). The molecule has 1 unspecified atom stereocenters. The molecule has 0 spiro atoms. The summed E-state index contributed by atoms with van der Waals surface area (Å²) in [6.45, 7) is 0.232. The van der Waals surface area contributed by atoms with E-state index in [2.05, 4.69) is 10.3 Å². The topological polar surface area (TPSA) is 101 Å². The number of esters is 1. The molecule has 1 heterocycles. The summed E-state index contributed by atoms with van der Waals surface area (Å²) in [5.74, 6) is -0.523. The van der Waals surface area contributed by atoms with Crippen molar-refractivity contribution >= 4 is 23.5 Å². The van der Waals surface area contributed by atoms with Crippen molar-refractivity contribution in [1.82, 2.24) is 10.3 Å². The summed E-state index contributed by atoms with van der Waals surface area (Å²) >= 11 is 5.75. The van der Waals surface area contributed by atoms with Crippen LogP contribution in [0.4, 0.5) is 0 Å². The average molecular weight is 436 g/mol. The van der Waals surface area contributed by atoms with Crippen LogP contribution >= 0.6 is 11.6 Å². The van der Waals surface area contributed by atoms with Crippen molar-refractivity contribution in [2.24, 2.45) is 0 Å². The van der Waals surface area contributed by atoms with E-state index in [1.165, 1.54) is 18.3 Å². The number of aromatic nitrogens is 1. The van der Waals surface area contributed by atoms with Gasteiger partial charge in [0.15, 0.2) is 0 Å². The van der Waals surface area contributed by atoms with Crippen molar-refractivity contribution in [3.05, 3.63) is 94.3 Å². The predicted octanol–water partition coefficient (Wildman–Crippen LogP) is 3.83. The number of hydrogen-bond donors (Lipinski definition) is 1. The van der Waals surface area contributed by atoms with Gasteiger partial charge in [-0.25, -0.2) is 9.78 Å². The summed E-state index contributed by atoms with van der Waals surface area (Å²) in [6, 6.07) is 18.4. The first-order valence-corrected chi connectivity index (χ1v) is 9.61. The molecule has 1 aromatic heterocycles. The highest BCUT2D eigenvalue weighted by atomic mass is 35.5. The highest BCUT2D eigenvalue weighted by molar-refractivity contribution is 6.29. The zero-order valence-corrected chi connectivity index (χ0v) is 17.3. The number of halogens is 1. The number of carbonyl (C=O) groups is 2. The van der Waals surface area contributed by atoms with Crippen LogP contribution < -0.4 is 10.1 Å². The lowest BCUT2D eigenvalue weighted by molar-refractivity contribution is -0.130. The summed E-state index contributed by atoms with van der Waals surface area (Å²) in [4.78, 5) is 29.3. The van der Waals surface area contributed by atoms with Gasteiger partial charge in [-0.3, -0.25) is 4.79 Å². The first-order chi connectivity index (χ1) is 15.0. The molecule has 1 amide bonds. The van der Waals surface area contributed by atoms with Gasteiger partial charge in [0, 0.05) is 18.3 Å².